The van der Waals surface area contributed by atoms with Gasteiger partial charge in [-0.2, -0.15) is 0 Å². The van der Waals surface area contributed by atoms with E-state index in [-0.39, 0.29) is 27.0 Å². The maximum Gasteiger partial charge on any atom is 0.274 e. The number of anilines is 3. The molecule has 0 aliphatic heterocycles. The van der Waals surface area contributed by atoms with E-state index in [1.807, 2.05) is 0 Å². The van der Waals surface area contributed by atoms with Gasteiger partial charge in [0, 0.05) is 35.1 Å². The molecule has 12 heteroatoms. The van der Waals surface area contributed by atoms with Crippen molar-refractivity contribution in [2.45, 2.75) is 11.8 Å². The van der Waals surface area contributed by atoms with Gasteiger partial charge in [-0.15, -0.1) is 0 Å². The molecule has 3 aromatic rings. The third-order valence-electron chi connectivity index (χ3n) is 4.27. The van der Waals surface area contributed by atoms with E-state index in [1.165, 1.54) is 36.4 Å². The molecule has 0 spiro atoms. The highest BCUT2D eigenvalue weighted by Crippen LogP contribution is 2.29. The molecule has 160 valence electrons. The summed E-state index contributed by atoms with van der Waals surface area (Å²) in [5, 5.41) is 24.7. The number of aryl methyl sites for hydroxylation is 1. The Morgan fingerprint density at radius 2 is 1.52 bits per heavy atom. The van der Waals surface area contributed by atoms with Crippen LogP contribution >= 0.6 is 11.6 Å². The van der Waals surface area contributed by atoms with Crippen LogP contribution in [-0.2, 0) is 10.0 Å². The van der Waals surface area contributed by atoms with Gasteiger partial charge in [-0.1, -0.05) is 17.7 Å². The second-order valence-electron chi connectivity index (χ2n) is 6.43. The van der Waals surface area contributed by atoms with Crippen molar-refractivity contribution < 1.29 is 18.3 Å². The Labute approximate surface area is 181 Å². The Hall–Kier alpha value is -3.70. The van der Waals surface area contributed by atoms with E-state index in [2.05, 4.69) is 10.0 Å². The van der Waals surface area contributed by atoms with Crippen molar-refractivity contribution in [1.82, 2.24) is 0 Å². The predicted molar refractivity (Wildman–Crippen MR) is 116 cm³/mol. The Bertz CT molecular complexity index is 1280. The van der Waals surface area contributed by atoms with Gasteiger partial charge in [0.05, 0.1) is 25.5 Å². The molecule has 3 rings (SSSR count). The minimum atomic E-state index is -4.00. The molecular formula is C19H15ClN4O6S. The zero-order chi connectivity index (χ0) is 22.8. The lowest BCUT2D eigenvalue weighted by Crippen LogP contribution is -2.13. The molecule has 0 radical (unpaired) electrons. The average molecular weight is 463 g/mol. The van der Waals surface area contributed by atoms with Crippen molar-refractivity contribution >= 4 is 50.1 Å². The number of nitrogens with one attached hydrogen (secondary N) is 2. The van der Waals surface area contributed by atoms with Crippen molar-refractivity contribution in [3.63, 3.8) is 0 Å². The van der Waals surface area contributed by atoms with Gasteiger partial charge in [-0.25, -0.2) is 8.42 Å². The molecule has 3 aromatic carbocycles. The fourth-order valence-corrected chi connectivity index (χ4v) is 4.03. The molecule has 0 saturated heterocycles. The summed E-state index contributed by atoms with van der Waals surface area (Å²) in [6, 6.07) is 13.7. The molecule has 0 aliphatic rings. The average Bonchev–Trinajstić information content (AvgIpc) is 2.71. The third-order valence-corrected chi connectivity index (χ3v) is 5.96. The van der Waals surface area contributed by atoms with Gasteiger partial charge in [-0.05, 0) is 43.3 Å². The standard InChI is InChI=1S/C19H15ClN4O6S/c1-12-2-3-14(10-19(12)24(27)28)21-13-4-7-16(8-5-13)31(29,30)22-18-9-6-15(23(25)26)11-17(18)20/h2-11,21-22H,1H3. The van der Waals surface area contributed by atoms with Crippen LogP contribution in [0.5, 0.6) is 0 Å². The van der Waals surface area contributed by atoms with Gasteiger partial charge in [-0.3, -0.25) is 25.0 Å². The quantitative estimate of drug-likeness (QED) is 0.370. The van der Waals surface area contributed by atoms with Crippen LogP contribution < -0.4 is 10.0 Å². The summed E-state index contributed by atoms with van der Waals surface area (Å²) in [6.07, 6.45) is 0. The van der Waals surface area contributed by atoms with Crippen molar-refractivity contribution in [3.8, 4) is 0 Å². The van der Waals surface area contributed by atoms with Crippen LogP contribution in [0.3, 0.4) is 0 Å². The molecule has 0 aromatic heterocycles. The number of hydrogen-bond donors (Lipinski definition) is 2. The number of nitro groups is 2. The van der Waals surface area contributed by atoms with Gasteiger partial charge in [0.2, 0.25) is 0 Å². The van der Waals surface area contributed by atoms with Crippen LogP contribution in [0.15, 0.2) is 65.6 Å². The molecule has 0 aliphatic carbocycles. The molecule has 10 nitrogen and oxygen atoms in total. The number of benzene rings is 3. The Kier molecular flexibility index (Phi) is 6.09. The molecule has 0 heterocycles. The minimum absolute atomic E-state index is 0.00133. The lowest BCUT2D eigenvalue weighted by Gasteiger charge is -2.11. The summed E-state index contributed by atoms with van der Waals surface area (Å²) in [4.78, 5) is 20.7. The maximum absolute atomic E-state index is 12.6. The van der Waals surface area contributed by atoms with Crippen molar-refractivity contribution in [2.75, 3.05) is 10.0 Å². The fraction of sp³-hybridized carbons (Fsp3) is 0.0526. The first kappa shape index (κ1) is 22.0. The van der Waals surface area contributed by atoms with Crippen LogP contribution in [-0.4, -0.2) is 18.3 Å². The lowest BCUT2D eigenvalue weighted by molar-refractivity contribution is -0.385. The molecule has 0 fully saturated rings. The topological polar surface area (TPSA) is 144 Å². The van der Waals surface area contributed by atoms with E-state index in [0.717, 1.165) is 12.1 Å². The van der Waals surface area contributed by atoms with E-state index in [9.17, 15) is 28.6 Å². The second kappa shape index (κ2) is 8.58. The zero-order valence-corrected chi connectivity index (χ0v) is 17.5. The third kappa shape index (κ3) is 5.08. The van der Waals surface area contributed by atoms with Gasteiger partial charge in [0.25, 0.3) is 21.4 Å². The SMILES string of the molecule is Cc1ccc(Nc2ccc(S(=O)(=O)Nc3ccc([N+](=O)[O-])cc3Cl)cc2)cc1[N+](=O)[O-]. The Morgan fingerprint density at radius 3 is 2.10 bits per heavy atom. The minimum Gasteiger partial charge on any atom is -0.355 e. The van der Waals surface area contributed by atoms with E-state index in [0.29, 0.717) is 16.9 Å². The largest absolute Gasteiger partial charge is 0.355 e. The summed E-state index contributed by atoms with van der Waals surface area (Å²) >= 11 is 5.94. The van der Waals surface area contributed by atoms with Crippen LogP contribution in [0.4, 0.5) is 28.4 Å². The summed E-state index contributed by atoms with van der Waals surface area (Å²) < 4.78 is 27.5. The maximum atomic E-state index is 12.6. The number of nitro benzene ring substituents is 2. The van der Waals surface area contributed by atoms with Crippen molar-refractivity contribution in [3.05, 3.63) is 91.5 Å². The van der Waals surface area contributed by atoms with E-state index < -0.39 is 19.9 Å². The molecule has 0 saturated carbocycles. The Balaban J connectivity index is 1.78. The molecule has 2 N–H and O–H groups in total. The van der Waals surface area contributed by atoms with Crippen molar-refractivity contribution in [2.24, 2.45) is 0 Å². The zero-order valence-electron chi connectivity index (χ0n) is 15.9. The van der Waals surface area contributed by atoms with Crippen molar-refractivity contribution in [1.29, 1.82) is 0 Å². The normalized spacial score (nSPS) is 11.0. The number of nitrogens with zero attached hydrogens (tertiary/aromatic N) is 2. The number of sulfonamides is 1. The molecule has 0 amide bonds. The predicted octanol–water partition coefficient (Wildman–Crippen LogP) is 5.01. The van der Waals surface area contributed by atoms with Gasteiger partial charge in [0.1, 0.15) is 0 Å². The van der Waals surface area contributed by atoms with Gasteiger partial charge in [0.15, 0.2) is 0 Å². The van der Waals surface area contributed by atoms with Gasteiger partial charge >= 0.3 is 0 Å². The van der Waals surface area contributed by atoms with Crippen LogP contribution in [0.25, 0.3) is 0 Å². The van der Waals surface area contributed by atoms with E-state index >= 15 is 0 Å². The molecule has 31 heavy (non-hydrogen) atoms. The summed E-state index contributed by atoms with van der Waals surface area (Å²) in [5.74, 6) is 0. The first-order chi connectivity index (χ1) is 14.6. The second-order valence-corrected chi connectivity index (χ2v) is 8.52. The van der Waals surface area contributed by atoms with E-state index in [4.69, 9.17) is 11.6 Å². The first-order valence-corrected chi connectivity index (χ1v) is 10.5. The number of hydrogen-bond acceptors (Lipinski definition) is 7. The molecule has 0 unspecified atom stereocenters. The highest BCUT2D eigenvalue weighted by Gasteiger charge is 2.18. The number of rotatable bonds is 7. The highest BCUT2D eigenvalue weighted by atomic mass is 35.5. The Morgan fingerprint density at radius 1 is 0.871 bits per heavy atom. The molecule has 0 atom stereocenters. The van der Waals surface area contributed by atoms with Crippen LogP contribution in [0, 0.1) is 27.2 Å². The lowest BCUT2D eigenvalue weighted by atomic mass is 10.2. The number of non-ortho nitro benzene ring substituents is 1. The first-order valence-electron chi connectivity index (χ1n) is 8.66. The van der Waals surface area contributed by atoms with Crippen LogP contribution in [0.1, 0.15) is 5.56 Å². The monoisotopic (exact) mass is 462 g/mol. The van der Waals surface area contributed by atoms with Crippen LogP contribution in [0.2, 0.25) is 5.02 Å². The molecule has 0 bridgehead atoms. The number of halogens is 1. The van der Waals surface area contributed by atoms with Gasteiger partial charge < -0.3 is 5.32 Å². The summed E-state index contributed by atoms with van der Waals surface area (Å²) in [6.45, 7) is 1.63. The smallest absolute Gasteiger partial charge is 0.274 e. The van der Waals surface area contributed by atoms with E-state index in [1.54, 1.807) is 19.1 Å². The highest BCUT2D eigenvalue weighted by molar-refractivity contribution is 7.92. The molecular weight excluding hydrogens is 448 g/mol. The fourth-order valence-electron chi connectivity index (χ4n) is 2.67. The summed E-state index contributed by atoms with van der Waals surface area (Å²) in [7, 11) is -4.00. The summed E-state index contributed by atoms with van der Waals surface area (Å²) in [5.41, 5.74) is 1.22.